The zero-order valence-corrected chi connectivity index (χ0v) is 14.0. The van der Waals surface area contributed by atoms with Gasteiger partial charge in [0.15, 0.2) is 0 Å². The summed E-state index contributed by atoms with van der Waals surface area (Å²) in [6.45, 7) is 1.69. The molecule has 2 rings (SSSR count). The van der Waals surface area contributed by atoms with Gasteiger partial charge in [0.25, 0.3) is 0 Å². The number of rotatable bonds is 5. The van der Waals surface area contributed by atoms with E-state index in [1.807, 2.05) is 0 Å². The summed E-state index contributed by atoms with van der Waals surface area (Å²) in [7, 11) is 1.40. The average Bonchev–Trinajstić information content (AvgIpc) is 2.94. The molecule has 0 bridgehead atoms. The van der Waals surface area contributed by atoms with Gasteiger partial charge in [-0.15, -0.1) is 11.3 Å². The number of aromatic nitrogens is 1. The van der Waals surface area contributed by atoms with E-state index in [4.69, 9.17) is 0 Å². The summed E-state index contributed by atoms with van der Waals surface area (Å²) in [6, 6.07) is 8.89. The Morgan fingerprint density at radius 1 is 1.29 bits per heavy atom. The molecule has 1 aromatic carbocycles. The zero-order valence-electron chi connectivity index (χ0n) is 13.2. The van der Waals surface area contributed by atoms with Crippen LogP contribution in [0.25, 0.3) is 0 Å². The van der Waals surface area contributed by atoms with Gasteiger partial charge in [0.1, 0.15) is 5.01 Å². The predicted molar refractivity (Wildman–Crippen MR) is 84.3 cm³/mol. The second kappa shape index (κ2) is 6.90. The van der Waals surface area contributed by atoms with Crippen molar-refractivity contribution in [3.05, 3.63) is 52.0 Å². The molecule has 8 heteroatoms. The Bertz CT molecular complexity index is 703. The van der Waals surface area contributed by atoms with Gasteiger partial charge in [-0.1, -0.05) is 30.3 Å². The third-order valence-electron chi connectivity index (χ3n) is 3.54. The van der Waals surface area contributed by atoms with Crippen molar-refractivity contribution in [2.24, 2.45) is 0 Å². The first-order chi connectivity index (χ1) is 11.1. The number of hydrogen-bond acceptors (Lipinski definition) is 4. The summed E-state index contributed by atoms with van der Waals surface area (Å²) in [5.74, 6) is -0.813. The molecule has 0 aliphatic heterocycles. The first-order valence-electron chi connectivity index (χ1n) is 7.13. The third-order valence-corrected chi connectivity index (χ3v) is 4.65. The van der Waals surface area contributed by atoms with Crippen molar-refractivity contribution in [3.8, 4) is 0 Å². The molecule has 0 aliphatic carbocycles. The molecule has 1 atom stereocenters. The molecule has 24 heavy (non-hydrogen) atoms. The van der Waals surface area contributed by atoms with Crippen molar-refractivity contribution in [3.63, 3.8) is 0 Å². The van der Waals surface area contributed by atoms with E-state index in [1.165, 1.54) is 19.4 Å². The lowest BCUT2D eigenvalue weighted by Gasteiger charge is -2.29. The minimum atomic E-state index is -5.00. The summed E-state index contributed by atoms with van der Waals surface area (Å²) >= 11 is 0.689. The standard InChI is InChI=1S/C16H17F3N2O2S/c1-11-10-24-14(20-11)15(23,16(17,18)19)8-13(22)21(2)9-12-6-4-3-5-7-12/h3-7,10,23H,8-9H2,1-2H3/t15-/m1/s1. The minimum Gasteiger partial charge on any atom is -0.374 e. The summed E-state index contributed by atoms with van der Waals surface area (Å²) in [5, 5.41) is 11.1. The van der Waals surface area contributed by atoms with Crippen LogP contribution < -0.4 is 0 Å². The molecule has 0 radical (unpaired) electrons. The summed E-state index contributed by atoms with van der Waals surface area (Å²) in [5.41, 5.74) is -2.13. The number of halogens is 3. The van der Waals surface area contributed by atoms with Crippen molar-refractivity contribution in [1.29, 1.82) is 0 Å². The fraction of sp³-hybridized carbons (Fsp3) is 0.375. The van der Waals surface area contributed by atoms with Gasteiger partial charge in [-0.05, 0) is 12.5 Å². The first-order valence-corrected chi connectivity index (χ1v) is 8.01. The Morgan fingerprint density at radius 3 is 2.42 bits per heavy atom. The van der Waals surface area contributed by atoms with E-state index in [2.05, 4.69) is 4.98 Å². The quantitative estimate of drug-likeness (QED) is 0.893. The van der Waals surface area contributed by atoms with Crippen LogP contribution in [0.1, 0.15) is 22.7 Å². The summed E-state index contributed by atoms with van der Waals surface area (Å²) in [6.07, 6.45) is -6.10. The highest BCUT2D eigenvalue weighted by molar-refractivity contribution is 7.09. The van der Waals surface area contributed by atoms with Crippen LogP contribution >= 0.6 is 11.3 Å². The van der Waals surface area contributed by atoms with E-state index in [-0.39, 0.29) is 6.54 Å². The van der Waals surface area contributed by atoms with Crippen LogP contribution in [-0.4, -0.2) is 34.1 Å². The number of hydrogen-bond donors (Lipinski definition) is 1. The lowest BCUT2D eigenvalue weighted by molar-refractivity contribution is -0.268. The largest absolute Gasteiger partial charge is 0.424 e. The number of nitrogens with zero attached hydrogens (tertiary/aromatic N) is 2. The van der Waals surface area contributed by atoms with Crippen molar-refractivity contribution in [2.75, 3.05) is 7.05 Å². The van der Waals surface area contributed by atoms with Gasteiger partial charge in [0, 0.05) is 24.7 Å². The number of alkyl halides is 3. The molecule has 2 aromatic rings. The highest BCUT2D eigenvalue weighted by atomic mass is 32.1. The fourth-order valence-corrected chi connectivity index (χ4v) is 3.05. The molecular weight excluding hydrogens is 341 g/mol. The smallest absolute Gasteiger partial charge is 0.374 e. The van der Waals surface area contributed by atoms with Gasteiger partial charge in [0.05, 0.1) is 6.42 Å². The van der Waals surface area contributed by atoms with Crippen molar-refractivity contribution >= 4 is 17.2 Å². The highest BCUT2D eigenvalue weighted by Gasteiger charge is 2.58. The Kier molecular flexibility index (Phi) is 5.29. The van der Waals surface area contributed by atoms with Crippen molar-refractivity contribution < 1.29 is 23.1 Å². The maximum Gasteiger partial charge on any atom is 0.424 e. The molecule has 0 saturated heterocycles. The van der Waals surface area contributed by atoms with Crippen LogP contribution in [0.5, 0.6) is 0 Å². The number of thiazole rings is 1. The molecular formula is C16H17F3N2O2S. The molecule has 1 amide bonds. The van der Waals surface area contributed by atoms with E-state index >= 15 is 0 Å². The molecule has 130 valence electrons. The van der Waals surface area contributed by atoms with Gasteiger partial charge in [-0.25, -0.2) is 4.98 Å². The number of amides is 1. The SMILES string of the molecule is Cc1csc([C@](O)(CC(=O)N(C)Cc2ccccc2)C(F)(F)F)n1. The maximum atomic E-state index is 13.4. The fourth-order valence-electron chi connectivity index (χ4n) is 2.14. The molecule has 0 fully saturated rings. The Labute approximate surface area is 141 Å². The molecule has 0 unspecified atom stereocenters. The normalized spacial score (nSPS) is 14.2. The predicted octanol–water partition coefficient (Wildman–Crippen LogP) is 3.25. The van der Waals surface area contributed by atoms with Crippen LogP contribution in [0.3, 0.4) is 0 Å². The third kappa shape index (κ3) is 3.93. The van der Waals surface area contributed by atoms with Crippen LogP contribution in [0, 0.1) is 6.92 Å². The molecule has 0 spiro atoms. The van der Waals surface area contributed by atoms with Crippen LogP contribution in [-0.2, 0) is 16.9 Å². The molecule has 1 N–H and O–H groups in total. The van der Waals surface area contributed by atoms with E-state index in [1.54, 1.807) is 30.3 Å². The Hall–Kier alpha value is -1.93. The van der Waals surface area contributed by atoms with Gasteiger partial charge < -0.3 is 10.0 Å². The van der Waals surface area contributed by atoms with E-state index < -0.39 is 29.1 Å². The number of aryl methyl sites for hydroxylation is 1. The molecule has 1 heterocycles. The van der Waals surface area contributed by atoms with Crippen molar-refractivity contribution in [1.82, 2.24) is 9.88 Å². The molecule has 1 aromatic heterocycles. The Balaban J connectivity index is 2.19. The van der Waals surface area contributed by atoms with E-state index in [0.29, 0.717) is 17.0 Å². The van der Waals surface area contributed by atoms with Crippen molar-refractivity contribution in [2.45, 2.75) is 31.7 Å². The molecule has 0 saturated carbocycles. The summed E-state index contributed by atoms with van der Waals surface area (Å²) in [4.78, 5) is 17.1. The zero-order chi connectivity index (χ0) is 18.0. The second-order valence-corrected chi connectivity index (χ2v) is 6.42. The van der Waals surface area contributed by atoms with Crippen LogP contribution in [0.15, 0.2) is 35.7 Å². The molecule has 4 nitrogen and oxygen atoms in total. The second-order valence-electron chi connectivity index (χ2n) is 5.56. The van der Waals surface area contributed by atoms with Crippen LogP contribution in [0.4, 0.5) is 13.2 Å². The van der Waals surface area contributed by atoms with Gasteiger partial charge in [0.2, 0.25) is 11.5 Å². The number of carbonyl (C=O) groups is 1. The number of aliphatic hydroxyl groups is 1. The van der Waals surface area contributed by atoms with Crippen LogP contribution in [0.2, 0.25) is 0 Å². The summed E-state index contributed by atoms with van der Waals surface area (Å²) < 4.78 is 40.2. The number of carbonyl (C=O) groups excluding carboxylic acids is 1. The van der Waals surface area contributed by atoms with E-state index in [9.17, 15) is 23.1 Å². The Morgan fingerprint density at radius 2 is 1.92 bits per heavy atom. The van der Waals surface area contributed by atoms with E-state index in [0.717, 1.165) is 10.5 Å². The lowest BCUT2D eigenvalue weighted by Crippen LogP contribution is -2.46. The van der Waals surface area contributed by atoms with Gasteiger partial charge >= 0.3 is 6.18 Å². The first kappa shape index (κ1) is 18.4. The monoisotopic (exact) mass is 358 g/mol. The lowest BCUT2D eigenvalue weighted by atomic mass is 9.98. The molecule has 0 aliphatic rings. The minimum absolute atomic E-state index is 0.157. The number of benzene rings is 1. The topological polar surface area (TPSA) is 53.4 Å². The van der Waals surface area contributed by atoms with Gasteiger partial charge in [-0.2, -0.15) is 13.2 Å². The maximum absolute atomic E-state index is 13.4. The average molecular weight is 358 g/mol. The highest BCUT2D eigenvalue weighted by Crippen LogP contribution is 2.43. The van der Waals surface area contributed by atoms with Gasteiger partial charge in [-0.3, -0.25) is 4.79 Å².